The van der Waals surface area contributed by atoms with Crippen LogP contribution < -0.4 is 15.4 Å². The van der Waals surface area contributed by atoms with Crippen molar-refractivity contribution in [3.05, 3.63) is 48.0 Å². The molecule has 0 aliphatic rings. The molecule has 0 bridgehead atoms. The van der Waals surface area contributed by atoms with E-state index in [1.165, 1.54) is 7.11 Å². The third kappa shape index (κ3) is 3.72. The molecule has 0 aliphatic carbocycles. The van der Waals surface area contributed by atoms with Crippen LogP contribution in [0.4, 0.5) is 10.5 Å². The van der Waals surface area contributed by atoms with E-state index in [0.29, 0.717) is 22.8 Å². The third-order valence-electron chi connectivity index (χ3n) is 3.74. The topological polar surface area (TPSA) is 114 Å². The molecule has 2 aromatic carbocycles. The number of aryl methyl sites for hydroxylation is 1. The molecule has 0 spiro atoms. The Hall–Kier alpha value is -3.62. The van der Waals surface area contributed by atoms with Crippen LogP contribution in [0.1, 0.15) is 5.56 Å². The molecule has 3 rings (SSSR count). The van der Waals surface area contributed by atoms with Crippen molar-refractivity contribution in [2.24, 2.45) is 7.05 Å². The lowest BCUT2D eigenvalue weighted by Crippen LogP contribution is -2.28. The number of tetrazole rings is 1. The molecular formula is C17H18N6O3. The highest BCUT2D eigenvalue weighted by molar-refractivity contribution is 5.89. The zero-order chi connectivity index (χ0) is 18.5. The van der Waals surface area contributed by atoms with Gasteiger partial charge in [-0.05, 0) is 28.6 Å². The maximum absolute atomic E-state index is 12.1. The van der Waals surface area contributed by atoms with Crippen molar-refractivity contribution in [2.45, 2.75) is 6.54 Å². The Balaban J connectivity index is 1.65. The molecule has 26 heavy (non-hydrogen) atoms. The molecule has 0 aliphatic heterocycles. The number of carbonyl (C=O) groups excluding carboxylic acids is 1. The fourth-order valence-electron chi connectivity index (χ4n) is 2.44. The second kappa shape index (κ2) is 7.51. The van der Waals surface area contributed by atoms with Gasteiger partial charge < -0.3 is 20.5 Å². The summed E-state index contributed by atoms with van der Waals surface area (Å²) in [6.45, 7) is 0.155. The summed E-state index contributed by atoms with van der Waals surface area (Å²) in [6, 6.07) is 11.9. The Bertz CT molecular complexity index is 924. The van der Waals surface area contributed by atoms with E-state index in [1.54, 1.807) is 48.1 Å². The number of urea groups is 1. The van der Waals surface area contributed by atoms with Crippen molar-refractivity contribution < 1.29 is 14.6 Å². The molecule has 0 saturated carbocycles. The van der Waals surface area contributed by atoms with Gasteiger partial charge in [0.2, 0.25) is 0 Å². The molecule has 0 radical (unpaired) electrons. The summed E-state index contributed by atoms with van der Waals surface area (Å²) in [7, 11) is 3.21. The number of methoxy groups -OCH3 is 1. The van der Waals surface area contributed by atoms with Crippen molar-refractivity contribution >= 4 is 11.7 Å². The second-order valence-corrected chi connectivity index (χ2v) is 5.48. The molecule has 1 aromatic heterocycles. The van der Waals surface area contributed by atoms with E-state index in [9.17, 15) is 9.90 Å². The molecule has 0 saturated heterocycles. The van der Waals surface area contributed by atoms with Crippen LogP contribution in [-0.2, 0) is 13.6 Å². The van der Waals surface area contributed by atoms with Gasteiger partial charge in [0.25, 0.3) is 0 Å². The van der Waals surface area contributed by atoms with Gasteiger partial charge in [0, 0.05) is 30.4 Å². The summed E-state index contributed by atoms with van der Waals surface area (Å²) in [5.74, 6) is 0.956. The van der Waals surface area contributed by atoms with E-state index in [1.807, 2.05) is 6.07 Å². The summed E-state index contributed by atoms with van der Waals surface area (Å²) in [5, 5.41) is 26.8. The van der Waals surface area contributed by atoms with E-state index in [0.717, 1.165) is 5.56 Å². The number of nitrogens with one attached hydrogen (secondary N) is 2. The number of hydrogen-bond donors (Lipinski definition) is 3. The molecular weight excluding hydrogens is 336 g/mol. The smallest absolute Gasteiger partial charge is 0.319 e. The predicted octanol–water partition coefficient (Wildman–Crippen LogP) is 1.91. The first-order valence-corrected chi connectivity index (χ1v) is 7.81. The molecule has 3 aromatic rings. The maximum Gasteiger partial charge on any atom is 0.319 e. The van der Waals surface area contributed by atoms with Crippen LogP contribution in [0.2, 0.25) is 0 Å². The molecule has 9 nitrogen and oxygen atoms in total. The molecule has 134 valence electrons. The van der Waals surface area contributed by atoms with Gasteiger partial charge in [-0.15, -0.1) is 5.10 Å². The number of benzene rings is 2. The summed E-state index contributed by atoms with van der Waals surface area (Å²) < 4.78 is 6.60. The fraction of sp³-hybridized carbons (Fsp3) is 0.176. The summed E-state index contributed by atoms with van der Waals surface area (Å²) in [6.07, 6.45) is 0. The number of aromatic hydroxyl groups is 1. The average Bonchev–Trinajstić information content (AvgIpc) is 3.07. The number of carbonyl (C=O) groups is 1. The van der Waals surface area contributed by atoms with Gasteiger partial charge in [-0.1, -0.05) is 24.3 Å². The quantitative estimate of drug-likeness (QED) is 0.645. The van der Waals surface area contributed by atoms with Crippen molar-refractivity contribution in [1.29, 1.82) is 0 Å². The van der Waals surface area contributed by atoms with Crippen LogP contribution in [0, 0.1) is 0 Å². The van der Waals surface area contributed by atoms with Crippen molar-refractivity contribution in [2.75, 3.05) is 12.4 Å². The highest BCUT2D eigenvalue weighted by atomic mass is 16.5. The Morgan fingerprint density at radius 1 is 1.27 bits per heavy atom. The Morgan fingerprint density at radius 2 is 2.08 bits per heavy atom. The van der Waals surface area contributed by atoms with Gasteiger partial charge >= 0.3 is 6.03 Å². The molecule has 0 atom stereocenters. The average molecular weight is 354 g/mol. The standard InChI is InChI=1S/C17H18N6O3/c1-23-16(20-21-22-23)11-5-3-7-13(9-11)19-17(25)18-10-12-6-4-8-14(26-2)15(12)24/h3-9,24H,10H2,1-2H3,(H2,18,19,25). The lowest BCUT2D eigenvalue weighted by Gasteiger charge is -2.11. The fourth-order valence-corrected chi connectivity index (χ4v) is 2.44. The molecule has 9 heteroatoms. The first-order chi connectivity index (χ1) is 12.6. The number of nitrogens with zero attached hydrogens (tertiary/aromatic N) is 4. The van der Waals surface area contributed by atoms with Gasteiger partial charge in [-0.2, -0.15) is 0 Å². The largest absolute Gasteiger partial charge is 0.504 e. The van der Waals surface area contributed by atoms with Crippen molar-refractivity contribution in [3.8, 4) is 22.9 Å². The normalized spacial score (nSPS) is 10.4. The molecule has 3 N–H and O–H groups in total. The highest BCUT2D eigenvalue weighted by Crippen LogP contribution is 2.29. The number of rotatable bonds is 5. The molecule has 0 fully saturated rings. The van der Waals surface area contributed by atoms with Crippen LogP contribution in [0.15, 0.2) is 42.5 Å². The molecule has 2 amide bonds. The number of para-hydroxylation sites is 1. The van der Waals surface area contributed by atoms with Crippen molar-refractivity contribution in [1.82, 2.24) is 25.5 Å². The Morgan fingerprint density at radius 3 is 2.81 bits per heavy atom. The van der Waals surface area contributed by atoms with Crippen LogP contribution in [0.25, 0.3) is 11.4 Å². The minimum Gasteiger partial charge on any atom is -0.504 e. The second-order valence-electron chi connectivity index (χ2n) is 5.48. The number of phenolic OH excluding ortho intramolecular Hbond substituents is 1. The summed E-state index contributed by atoms with van der Waals surface area (Å²) in [4.78, 5) is 12.1. The van der Waals surface area contributed by atoms with Gasteiger partial charge in [-0.25, -0.2) is 9.48 Å². The van der Waals surface area contributed by atoms with Crippen LogP contribution in [-0.4, -0.2) is 38.5 Å². The van der Waals surface area contributed by atoms with Crippen LogP contribution >= 0.6 is 0 Å². The zero-order valence-electron chi connectivity index (χ0n) is 14.3. The van der Waals surface area contributed by atoms with E-state index < -0.39 is 6.03 Å². The Labute approximate surface area is 149 Å². The minimum atomic E-state index is -0.402. The number of anilines is 1. The van der Waals surface area contributed by atoms with E-state index in [2.05, 4.69) is 26.2 Å². The predicted molar refractivity (Wildman–Crippen MR) is 94.8 cm³/mol. The number of aromatic nitrogens is 4. The zero-order valence-corrected chi connectivity index (χ0v) is 14.3. The first kappa shape index (κ1) is 17.2. The number of phenols is 1. The lowest BCUT2D eigenvalue weighted by molar-refractivity contribution is 0.251. The number of amides is 2. The van der Waals surface area contributed by atoms with E-state index in [4.69, 9.17) is 4.74 Å². The van der Waals surface area contributed by atoms with Gasteiger partial charge in [0.05, 0.1) is 7.11 Å². The maximum atomic E-state index is 12.1. The highest BCUT2D eigenvalue weighted by Gasteiger charge is 2.10. The SMILES string of the molecule is COc1cccc(CNC(=O)Nc2cccc(-c3nnnn3C)c2)c1O. The third-order valence-corrected chi connectivity index (χ3v) is 3.74. The number of hydrogen-bond acceptors (Lipinski definition) is 6. The molecule has 1 heterocycles. The van der Waals surface area contributed by atoms with Crippen LogP contribution in [0.3, 0.4) is 0 Å². The van der Waals surface area contributed by atoms with Crippen molar-refractivity contribution in [3.63, 3.8) is 0 Å². The van der Waals surface area contributed by atoms with Gasteiger partial charge in [-0.3, -0.25) is 0 Å². The summed E-state index contributed by atoms with van der Waals surface area (Å²) in [5.41, 5.74) is 1.93. The lowest BCUT2D eigenvalue weighted by atomic mass is 10.2. The van der Waals surface area contributed by atoms with Gasteiger partial charge in [0.1, 0.15) is 0 Å². The van der Waals surface area contributed by atoms with Crippen LogP contribution in [0.5, 0.6) is 11.5 Å². The molecule has 0 unspecified atom stereocenters. The monoisotopic (exact) mass is 354 g/mol. The minimum absolute atomic E-state index is 0.00656. The number of ether oxygens (including phenoxy) is 1. The van der Waals surface area contributed by atoms with E-state index >= 15 is 0 Å². The van der Waals surface area contributed by atoms with Gasteiger partial charge in [0.15, 0.2) is 17.3 Å². The first-order valence-electron chi connectivity index (χ1n) is 7.81. The van der Waals surface area contributed by atoms with E-state index in [-0.39, 0.29) is 12.3 Å². The Kier molecular flexibility index (Phi) is 4.97. The summed E-state index contributed by atoms with van der Waals surface area (Å²) >= 11 is 0.